The van der Waals surface area contributed by atoms with Crippen LogP contribution in [0.4, 0.5) is 30.7 Å². The Morgan fingerprint density at radius 2 is 1.51 bits per heavy atom. The van der Waals surface area contributed by atoms with Crippen LogP contribution in [-0.4, -0.2) is 32.2 Å². The average molecular weight is 561 g/mol. The monoisotopic (exact) mass is 561 g/mol. The summed E-state index contributed by atoms with van der Waals surface area (Å²) in [7, 11) is 1.82. The van der Waals surface area contributed by atoms with Crippen LogP contribution in [-0.2, 0) is 37.7 Å². The molecule has 0 radical (unpaired) electrons. The lowest BCUT2D eigenvalue weighted by atomic mass is 9.99. The third-order valence-electron chi connectivity index (χ3n) is 5.77. The zero-order chi connectivity index (χ0) is 29.4. The highest BCUT2D eigenvalue weighted by Gasteiger charge is 2.40. The lowest BCUT2D eigenvalue weighted by molar-refractivity contribution is -0.143. The molecule has 3 aromatic rings. The zero-order valence-corrected chi connectivity index (χ0v) is 19.9. The maximum absolute atomic E-state index is 14.1. The first-order chi connectivity index (χ1) is 17.9. The molecule has 1 atom stereocenters. The van der Waals surface area contributed by atoms with Crippen molar-refractivity contribution < 1.29 is 45.4 Å². The van der Waals surface area contributed by atoms with Gasteiger partial charge in [0.25, 0.3) is 11.5 Å². The number of carbonyl (C=O) groups is 2. The highest BCUT2D eigenvalue weighted by Crippen LogP contribution is 2.35. The number of amides is 1. The third-order valence-corrected chi connectivity index (χ3v) is 5.77. The smallest absolute Gasteiger partial charge is 0.432 e. The summed E-state index contributed by atoms with van der Waals surface area (Å²) in [4.78, 5) is 48.7. The van der Waals surface area contributed by atoms with E-state index < -0.39 is 76.1 Å². The van der Waals surface area contributed by atoms with Gasteiger partial charge in [-0.1, -0.05) is 30.3 Å². The molecule has 39 heavy (non-hydrogen) atoms. The molecule has 1 amide bonds. The van der Waals surface area contributed by atoms with Gasteiger partial charge in [0.05, 0.1) is 16.7 Å². The second-order valence-electron chi connectivity index (χ2n) is 8.35. The summed E-state index contributed by atoms with van der Waals surface area (Å²) < 4.78 is 95.7. The number of alkyl halides is 6. The number of nitrogens with zero attached hydrogens (tertiary/aromatic N) is 2. The molecule has 8 nitrogen and oxygen atoms in total. The van der Waals surface area contributed by atoms with Crippen LogP contribution >= 0.6 is 0 Å². The van der Waals surface area contributed by atoms with E-state index in [4.69, 9.17) is 0 Å². The van der Waals surface area contributed by atoms with Crippen molar-refractivity contribution in [1.29, 1.82) is 0 Å². The van der Waals surface area contributed by atoms with E-state index in [9.17, 15) is 55.0 Å². The van der Waals surface area contributed by atoms with E-state index >= 15 is 0 Å². The maximum Gasteiger partial charge on any atom is 0.432 e. The van der Waals surface area contributed by atoms with Crippen molar-refractivity contribution in [3.05, 3.63) is 91.5 Å². The fourth-order valence-corrected chi connectivity index (χ4v) is 3.90. The van der Waals surface area contributed by atoms with Crippen molar-refractivity contribution in [2.45, 2.75) is 24.8 Å². The highest BCUT2D eigenvalue weighted by atomic mass is 19.4. The van der Waals surface area contributed by atoms with Crippen LogP contribution in [0.3, 0.4) is 0 Å². The lowest BCUT2D eigenvalue weighted by Crippen LogP contribution is -2.43. The van der Waals surface area contributed by atoms with Gasteiger partial charge in [0.2, 0.25) is 0 Å². The predicted molar refractivity (Wildman–Crippen MR) is 121 cm³/mol. The summed E-state index contributed by atoms with van der Waals surface area (Å²) in [5, 5.41) is 11.3. The first-order valence-electron chi connectivity index (χ1n) is 10.8. The van der Waals surface area contributed by atoms with E-state index in [2.05, 4.69) is 0 Å². The molecule has 0 bridgehead atoms. The largest absolute Gasteiger partial charge is 0.480 e. The van der Waals surface area contributed by atoms with E-state index in [0.29, 0.717) is 16.7 Å². The van der Waals surface area contributed by atoms with Gasteiger partial charge >= 0.3 is 24.0 Å². The number of carbonyl (C=O) groups excluding carboxylic acids is 1. The number of hydrogen-bond acceptors (Lipinski definition) is 4. The van der Waals surface area contributed by atoms with E-state index in [1.165, 1.54) is 0 Å². The first-order valence-corrected chi connectivity index (χ1v) is 10.8. The van der Waals surface area contributed by atoms with E-state index in [-0.39, 0.29) is 15.7 Å². The number of carboxylic acid groups (broad SMARTS) is 1. The minimum atomic E-state index is -5.11. The minimum Gasteiger partial charge on any atom is -0.480 e. The van der Waals surface area contributed by atoms with Gasteiger partial charge < -0.3 is 10.4 Å². The van der Waals surface area contributed by atoms with Gasteiger partial charge in [-0.2, -0.15) is 26.3 Å². The number of halogens is 7. The van der Waals surface area contributed by atoms with Gasteiger partial charge in [0.15, 0.2) is 0 Å². The van der Waals surface area contributed by atoms with Gasteiger partial charge in [0.1, 0.15) is 17.6 Å². The Kier molecular flexibility index (Phi) is 7.75. The molecule has 0 aliphatic carbocycles. The number of aromatic nitrogens is 2. The van der Waals surface area contributed by atoms with Crippen molar-refractivity contribution in [2.75, 3.05) is 0 Å². The second kappa shape index (κ2) is 10.4. The number of nitrogens with one attached hydrogen (secondary N) is 1. The van der Waals surface area contributed by atoms with Crippen molar-refractivity contribution in [2.24, 2.45) is 14.1 Å². The molecule has 1 aromatic heterocycles. The number of benzene rings is 2. The van der Waals surface area contributed by atoms with Gasteiger partial charge in [-0.15, -0.1) is 0 Å². The van der Waals surface area contributed by atoms with Crippen LogP contribution in [0.15, 0.2) is 52.1 Å². The quantitative estimate of drug-likeness (QED) is 0.449. The molecule has 2 N–H and O–H groups in total. The van der Waals surface area contributed by atoms with Crippen LogP contribution < -0.4 is 16.6 Å². The van der Waals surface area contributed by atoms with Gasteiger partial charge in [-0.25, -0.2) is 14.0 Å². The summed E-state index contributed by atoms with van der Waals surface area (Å²) >= 11 is 0. The Morgan fingerprint density at radius 1 is 0.923 bits per heavy atom. The van der Waals surface area contributed by atoms with Crippen LogP contribution in [0, 0.1) is 5.82 Å². The number of hydrogen-bond donors (Lipinski definition) is 2. The van der Waals surface area contributed by atoms with Gasteiger partial charge in [-0.05, 0) is 23.3 Å². The van der Waals surface area contributed by atoms with Crippen LogP contribution in [0.2, 0.25) is 0 Å². The van der Waals surface area contributed by atoms with Crippen LogP contribution in [0.25, 0.3) is 11.1 Å². The summed E-state index contributed by atoms with van der Waals surface area (Å²) in [6.07, 6.45) is -10.8. The zero-order valence-electron chi connectivity index (χ0n) is 19.9. The molecule has 1 heterocycles. The van der Waals surface area contributed by atoms with Crippen molar-refractivity contribution >= 4 is 11.9 Å². The fraction of sp³-hybridized carbons (Fsp3) is 0.250. The maximum atomic E-state index is 14.1. The topological polar surface area (TPSA) is 110 Å². The van der Waals surface area contributed by atoms with E-state index in [1.54, 1.807) is 0 Å². The Labute approximate surface area is 213 Å². The fourth-order valence-electron chi connectivity index (χ4n) is 3.90. The molecule has 3 rings (SSSR count). The summed E-state index contributed by atoms with van der Waals surface area (Å²) in [6, 6.07) is 4.27. The van der Waals surface area contributed by atoms with E-state index in [0.717, 1.165) is 44.4 Å². The van der Waals surface area contributed by atoms with Gasteiger partial charge in [-0.3, -0.25) is 18.7 Å². The van der Waals surface area contributed by atoms with E-state index in [1.807, 2.05) is 5.32 Å². The molecule has 0 saturated carbocycles. The molecule has 0 aliphatic rings. The number of carboxylic acids is 1. The second-order valence-corrected chi connectivity index (χ2v) is 8.35. The van der Waals surface area contributed by atoms with Crippen molar-refractivity contribution in [3.63, 3.8) is 0 Å². The molecule has 208 valence electrons. The Bertz CT molecular complexity index is 1550. The number of rotatable bonds is 6. The molecule has 2 aromatic carbocycles. The Balaban J connectivity index is 1.96. The normalized spacial score (nSPS) is 12.7. The molecular weight excluding hydrogens is 543 g/mol. The molecule has 0 saturated heterocycles. The van der Waals surface area contributed by atoms with Crippen LogP contribution in [0.1, 0.15) is 27.2 Å². The minimum absolute atomic E-state index is 0.0891. The molecule has 0 spiro atoms. The SMILES string of the molecule is Cn1c(C(F)(F)F)c(-c2ccc(CC(NC(=O)c3c(F)cccc3C(F)(F)F)C(=O)O)cc2)c(=O)n(C)c1=O. The lowest BCUT2D eigenvalue weighted by Gasteiger charge is -2.19. The Morgan fingerprint density at radius 3 is 2.03 bits per heavy atom. The van der Waals surface area contributed by atoms with Crippen molar-refractivity contribution in [1.82, 2.24) is 14.5 Å². The predicted octanol–water partition coefficient (Wildman–Crippen LogP) is 3.35. The van der Waals surface area contributed by atoms with Gasteiger partial charge in [0, 0.05) is 20.5 Å². The highest BCUT2D eigenvalue weighted by molar-refractivity contribution is 5.98. The first kappa shape index (κ1) is 29.1. The molecule has 0 fully saturated rings. The summed E-state index contributed by atoms with van der Waals surface area (Å²) in [6.45, 7) is 0. The third kappa shape index (κ3) is 5.86. The molecule has 1 unspecified atom stereocenters. The molecule has 0 aliphatic heterocycles. The number of aliphatic carboxylic acids is 1. The summed E-state index contributed by atoms with van der Waals surface area (Å²) in [5.41, 5.74) is -8.00. The molecular formula is C24H18F7N3O5. The molecule has 15 heteroatoms. The average Bonchev–Trinajstić information content (AvgIpc) is 2.83. The van der Waals surface area contributed by atoms with Crippen LogP contribution in [0.5, 0.6) is 0 Å². The Hall–Kier alpha value is -4.43. The standard InChI is InChI=1S/C24H18F7N3O5/c1-33-18(24(29,30)31)16(20(36)34(2)22(33)39)12-8-6-11(7-9-12)10-15(21(37)38)32-19(35)17-13(23(26,27)28)4-3-5-14(17)25/h3-9,15H,10H2,1-2H3,(H,32,35)(H,37,38). The summed E-state index contributed by atoms with van der Waals surface area (Å²) in [5.74, 6) is -4.87. The van der Waals surface area contributed by atoms with Crippen molar-refractivity contribution in [3.8, 4) is 11.1 Å².